The molecule has 5 heteroatoms. The van der Waals surface area contributed by atoms with Crippen molar-refractivity contribution in [1.82, 2.24) is 4.90 Å². The van der Waals surface area contributed by atoms with Crippen molar-refractivity contribution >= 4 is 21.8 Å². The number of carbonyl (C=O) groups is 1. The maximum atomic E-state index is 12.6. The minimum Gasteiger partial charge on any atom is -0.376 e. The number of likely N-dealkylation sites (tertiary alicyclic amines) is 1. The Bertz CT molecular complexity index is 488. The van der Waals surface area contributed by atoms with Crippen LogP contribution in [0.2, 0.25) is 0 Å². The largest absolute Gasteiger partial charge is 0.376 e. The number of halogens is 1. The van der Waals surface area contributed by atoms with Crippen LogP contribution in [0.25, 0.3) is 0 Å². The Morgan fingerprint density at radius 1 is 1.35 bits per heavy atom. The first-order chi connectivity index (χ1) is 9.75. The highest BCUT2D eigenvalue weighted by Gasteiger charge is 2.35. The maximum absolute atomic E-state index is 12.6. The van der Waals surface area contributed by atoms with Gasteiger partial charge in [0, 0.05) is 11.0 Å². The molecule has 108 valence electrons. The lowest BCUT2D eigenvalue weighted by Crippen LogP contribution is -2.45. The summed E-state index contributed by atoms with van der Waals surface area (Å²) in [6, 6.07) is 8.35. The third-order valence-electron chi connectivity index (χ3n) is 3.86. The number of hydrogen-bond acceptors (Lipinski definition) is 3. The van der Waals surface area contributed by atoms with Gasteiger partial charge in [0.1, 0.15) is 0 Å². The summed E-state index contributed by atoms with van der Waals surface area (Å²) in [6.07, 6.45) is 1.61. The summed E-state index contributed by atoms with van der Waals surface area (Å²) >= 11 is 3.49. The second-order valence-corrected chi connectivity index (χ2v) is 6.09. The molecule has 2 aliphatic rings. The van der Waals surface area contributed by atoms with Gasteiger partial charge in [-0.1, -0.05) is 28.1 Å². The van der Waals surface area contributed by atoms with Gasteiger partial charge in [0.2, 0.25) is 0 Å². The van der Waals surface area contributed by atoms with Crippen LogP contribution in [0.3, 0.4) is 0 Å². The molecule has 2 aliphatic heterocycles. The molecular formula is C15H18BrNO3. The molecule has 0 saturated carbocycles. The fourth-order valence-corrected chi connectivity index (χ4v) is 3.32. The van der Waals surface area contributed by atoms with E-state index in [1.807, 2.05) is 17.0 Å². The molecule has 0 radical (unpaired) electrons. The zero-order valence-corrected chi connectivity index (χ0v) is 12.8. The summed E-state index contributed by atoms with van der Waals surface area (Å²) in [5.74, 6) is 0.0622. The van der Waals surface area contributed by atoms with Gasteiger partial charge in [0.15, 0.2) is 6.10 Å². The van der Waals surface area contributed by atoms with Crippen LogP contribution in [-0.4, -0.2) is 43.3 Å². The van der Waals surface area contributed by atoms with Crippen molar-refractivity contribution in [1.29, 1.82) is 0 Å². The molecule has 2 atom stereocenters. The first-order valence-electron chi connectivity index (χ1n) is 7.01. The van der Waals surface area contributed by atoms with Gasteiger partial charge in [0.25, 0.3) is 5.91 Å². The molecule has 1 amide bonds. The van der Waals surface area contributed by atoms with E-state index in [1.54, 1.807) is 0 Å². The van der Waals surface area contributed by atoms with Gasteiger partial charge in [-0.05, 0) is 30.5 Å². The van der Waals surface area contributed by atoms with Crippen molar-refractivity contribution in [2.45, 2.75) is 25.0 Å². The quantitative estimate of drug-likeness (QED) is 0.831. The van der Waals surface area contributed by atoms with Crippen LogP contribution < -0.4 is 0 Å². The van der Waals surface area contributed by atoms with E-state index < -0.39 is 6.10 Å². The number of ether oxygens (including phenoxy) is 2. The van der Waals surface area contributed by atoms with E-state index in [-0.39, 0.29) is 11.9 Å². The van der Waals surface area contributed by atoms with Gasteiger partial charge in [-0.2, -0.15) is 0 Å². The average molecular weight is 340 g/mol. The Kier molecular flexibility index (Phi) is 4.38. The van der Waals surface area contributed by atoms with Crippen molar-refractivity contribution in [2.75, 3.05) is 26.4 Å². The highest BCUT2D eigenvalue weighted by Crippen LogP contribution is 2.33. The molecule has 2 unspecified atom stereocenters. The molecule has 2 fully saturated rings. The zero-order valence-electron chi connectivity index (χ0n) is 11.3. The number of carbonyl (C=O) groups excluding carboxylic acids is 1. The standard InChI is InChI=1S/C15H18BrNO3/c16-12-4-1-3-11(9-12)13-5-2-6-17(13)15(18)14-10-19-7-8-20-14/h1,3-4,9,13-14H,2,5-8,10H2. The summed E-state index contributed by atoms with van der Waals surface area (Å²) < 4.78 is 11.9. The lowest BCUT2D eigenvalue weighted by molar-refractivity contribution is -0.158. The monoisotopic (exact) mass is 339 g/mol. The summed E-state index contributed by atoms with van der Waals surface area (Å²) in [6.45, 7) is 2.26. The molecule has 0 aliphatic carbocycles. The number of nitrogens with zero attached hydrogens (tertiary/aromatic N) is 1. The Balaban J connectivity index is 1.76. The van der Waals surface area contributed by atoms with E-state index in [0.717, 1.165) is 23.9 Å². The molecule has 0 aromatic heterocycles. The number of rotatable bonds is 2. The highest BCUT2D eigenvalue weighted by molar-refractivity contribution is 9.10. The van der Waals surface area contributed by atoms with Crippen LogP contribution in [0.1, 0.15) is 24.4 Å². The summed E-state index contributed by atoms with van der Waals surface area (Å²) in [5.41, 5.74) is 1.18. The maximum Gasteiger partial charge on any atom is 0.254 e. The van der Waals surface area contributed by atoms with Crippen LogP contribution in [0.5, 0.6) is 0 Å². The van der Waals surface area contributed by atoms with E-state index in [9.17, 15) is 4.79 Å². The van der Waals surface area contributed by atoms with Gasteiger partial charge in [-0.3, -0.25) is 4.79 Å². The van der Waals surface area contributed by atoms with Gasteiger partial charge in [0.05, 0.1) is 25.9 Å². The fraction of sp³-hybridized carbons (Fsp3) is 0.533. The SMILES string of the molecule is O=C(C1COCCO1)N1CCCC1c1cccc(Br)c1. The first kappa shape index (κ1) is 14.0. The molecule has 2 heterocycles. The van der Waals surface area contributed by atoms with Gasteiger partial charge in [-0.15, -0.1) is 0 Å². The van der Waals surface area contributed by atoms with E-state index in [4.69, 9.17) is 9.47 Å². The minimum absolute atomic E-state index is 0.0622. The topological polar surface area (TPSA) is 38.8 Å². The minimum atomic E-state index is -0.434. The normalized spacial score (nSPS) is 26.8. The van der Waals surface area contributed by atoms with E-state index in [1.165, 1.54) is 5.56 Å². The van der Waals surface area contributed by atoms with Crippen molar-refractivity contribution < 1.29 is 14.3 Å². The fourth-order valence-electron chi connectivity index (χ4n) is 2.91. The van der Waals surface area contributed by atoms with Crippen LogP contribution in [0, 0.1) is 0 Å². The molecule has 1 aromatic carbocycles. The molecule has 4 nitrogen and oxygen atoms in total. The van der Waals surface area contributed by atoms with Gasteiger partial charge in [-0.25, -0.2) is 0 Å². The number of hydrogen-bond donors (Lipinski definition) is 0. The van der Waals surface area contributed by atoms with Crippen LogP contribution in [-0.2, 0) is 14.3 Å². The molecule has 0 bridgehead atoms. The summed E-state index contributed by atoms with van der Waals surface area (Å²) in [5, 5.41) is 0. The van der Waals surface area contributed by atoms with Crippen molar-refractivity contribution in [2.24, 2.45) is 0 Å². The lowest BCUT2D eigenvalue weighted by atomic mass is 10.0. The molecular weight excluding hydrogens is 322 g/mol. The Labute approximate surface area is 127 Å². The second-order valence-electron chi connectivity index (χ2n) is 5.18. The predicted molar refractivity (Wildman–Crippen MR) is 78.4 cm³/mol. The Morgan fingerprint density at radius 2 is 2.25 bits per heavy atom. The summed E-state index contributed by atoms with van der Waals surface area (Å²) in [7, 11) is 0. The van der Waals surface area contributed by atoms with Crippen molar-refractivity contribution in [3.63, 3.8) is 0 Å². The van der Waals surface area contributed by atoms with Crippen LogP contribution in [0.15, 0.2) is 28.7 Å². The predicted octanol–water partition coefficient (Wildman–Crippen LogP) is 2.53. The van der Waals surface area contributed by atoms with Gasteiger partial charge < -0.3 is 14.4 Å². The number of amides is 1. The number of benzene rings is 1. The van der Waals surface area contributed by atoms with Gasteiger partial charge >= 0.3 is 0 Å². The lowest BCUT2D eigenvalue weighted by Gasteiger charge is -2.30. The van der Waals surface area contributed by atoms with E-state index in [2.05, 4.69) is 28.1 Å². The third kappa shape index (κ3) is 2.90. The highest BCUT2D eigenvalue weighted by atomic mass is 79.9. The Morgan fingerprint density at radius 3 is 3.00 bits per heavy atom. The average Bonchev–Trinajstić information content (AvgIpc) is 2.97. The second kappa shape index (κ2) is 6.24. The first-order valence-corrected chi connectivity index (χ1v) is 7.80. The van der Waals surface area contributed by atoms with Crippen molar-refractivity contribution in [3.8, 4) is 0 Å². The molecule has 1 aromatic rings. The Hall–Kier alpha value is -0.910. The molecule has 20 heavy (non-hydrogen) atoms. The van der Waals surface area contributed by atoms with Crippen LogP contribution >= 0.6 is 15.9 Å². The third-order valence-corrected chi connectivity index (χ3v) is 4.35. The molecule has 0 N–H and O–H groups in total. The molecule has 0 spiro atoms. The summed E-state index contributed by atoms with van der Waals surface area (Å²) in [4.78, 5) is 14.5. The van der Waals surface area contributed by atoms with Crippen molar-refractivity contribution in [3.05, 3.63) is 34.3 Å². The smallest absolute Gasteiger partial charge is 0.254 e. The molecule has 2 saturated heterocycles. The van der Waals surface area contributed by atoms with E-state index >= 15 is 0 Å². The van der Waals surface area contributed by atoms with E-state index in [0.29, 0.717) is 19.8 Å². The molecule has 3 rings (SSSR count). The zero-order chi connectivity index (χ0) is 13.9. The van der Waals surface area contributed by atoms with Crippen LogP contribution in [0.4, 0.5) is 0 Å².